The van der Waals surface area contributed by atoms with Crippen molar-refractivity contribution >= 4 is 0 Å². The fraction of sp³-hybridized carbons (Fsp3) is 0.938. The van der Waals surface area contributed by atoms with Crippen LogP contribution in [0.2, 0.25) is 0 Å². The van der Waals surface area contributed by atoms with Crippen molar-refractivity contribution in [2.45, 2.75) is 64.1 Å². The van der Waals surface area contributed by atoms with Crippen molar-refractivity contribution in [1.82, 2.24) is 15.1 Å². The molecule has 114 valence electrons. The van der Waals surface area contributed by atoms with Gasteiger partial charge in [0.15, 0.2) is 0 Å². The third-order valence-corrected chi connectivity index (χ3v) is 4.82. The van der Waals surface area contributed by atoms with Gasteiger partial charge in [-0.1, -0.05) is 13.3 Å². The SMILES string of the molecule is CCCNC(C#N)CCN1CC2CCCCN2CC1C. The van der Waals surface area contributed by atoms with E-state index in [2.05, 4.69) is 35.0 Å². The average molecular weight is 278 g/mol. The molecule has 0 spiro atoms. The predicted octanol–water partition coefficient (Wildman–Crippen LogP) is 1.83. The van der Waals surface area contributed by atoms with Gasteiger partial charge in [0.05, 0.1) is 12.1 Å². The molecular weight excluding hydrogens is 248 g/mol. The minimum absolute atomic E-state index is 0.0199. The number of rotatable bonds is 6. The Morgan fingerprint density at radius 3 is 2.95 bits per heavy atom. The normalized spacial score (nSPS) is 29.6. The summed E-state index contributed by atoms with van der Waals surface area (Å²) in [7, 11) is 0. The van der Waals surface area contributed by atoms with Crippen molar-refractivity contribution in [3.8, 4) is 6.07 Å². The van der Waals surface area contributed by atoms with E-state index in [-0.39, 0.29) is 6.04 Å². The van der Waals surface area contributed by atoms with Crippen LogP contribution in [0.5, 0.6) is 0 Å². The predicted molar refractivity (Wildman–Crippen MR) is 82.6 cm³/mol. The fourth-order valence-corrected chi connectivity index (χ4v) is 3.55. The molecule has 2 fully saturated rings. The lowest BCUT2D eigenvalue weighted by molar-refractivity contribution is 0.0143. The van der Waals surface area contributed by atoms with E-state index < -0.39 is 0 Å². The number of piperazine rings is 1. The van der Waals surface area contributed by atoms with Crippen LogP contribution in [0.25, 0.3) is 0 Å². The molecule has 0 radical (unpaired) electrons. The summed E-state index contributed by atoms with van der Waals surface area (Å²) >= 11 is 0. The first-order chi connectivity index (χ1) is 9.74. The van der Waals surface area contributed by atoms with Crippen LogP contribution in [-0.2, 0) is 0 Å². The van der Waals surface area contributed by atoms with Crippen molar-refractivity contribution in [3.63, 3.8) is 0 Å². The van der Waals surface area contributed by atoms with Crippen LogP contribution >= 0.6 is 0 Å². The van der Waals surface area contributed by atoms with Crippen LogP contribution in [0.3, 0.4) is 0 Å². The van der Waals surface area contributed by atoms with Crippen molar-refractivity contribution in [2.75, 3.05) is 32.7 Å². The number of nitrogens with one attached hydrogen (secondary N) is 1. The number of nitrogens with zero attached hydrogens (tertiary/aromatic N) is 3. The van der Waals surface area contributed by atoms with Gasteiger partial charge in [0, 0.05) is 31.7 Å². The van der Waals surface area contributed by atoms with Gasteiger partial charge >= 0.3 is 0 Å². The van der Waals surface area contributed by atoms with Crippen LogP contribution in [0.4, 0.5) is 0 Å². The Morgan fingerprint density at radius 2 is 2.20 bits per heavy atom. The first-order valence-corrected chi connectivity index (χ1v) is 8.35. The molecule has 0 saturated carbocycles. The third-order valence-electron chi connectivity index (χ3n) is 4.82. The van der Waals surface area contributed by atoms with E-state index in [0.29, 0.717) is 6.04 Å². The summed E-state index contributed by atoms with van der Waals surface area (Å²) in [6, 6.07) is 3.82. The number of piperidine rings is 1. The first kappa shape index (κ1) is 15.8. The second kappa shape index (κ2) is 7.97. The molecule has 0 aliphatic carbocycles. The Kier molecular flexibility index (Phi) is 6.28. The molecular formula is C16H30N4. The van der Waals surface area contributed by atoms with Gasteiger partial charge in [-0.2, -0.15) is 5.26 Å². The highest BCUT2D eigenvalue weighted by Crippen LogP contribution is 2.24. The lowest BCUT2D eigenvalue weighted by Crippen LogP contribution is -2.59. The molecule has 3 unspecified atom stereocenters. The number of hydrogen-bond donors (Lipinski definition) is 1. The summed E-state index contributed by atoms with van der Waals surface area (Å²) in [5, 5.41) is 12.5. The van der Waals surface area contributed by atoms with Crippen LogP contribution < -0.4 is 5.32 Å². The second-order valence-corrected chi connectivity index (χ2v) is 6.41. The summed E-state index contributed by atoms with van der Waals surface area (Å²) in [6.45, 7) is 10.2. The van der Waals surface area contributed by atoms with Crippen molar-refractivity contribution in [2.24, 2.45) is 0 Å². The maximum atomic E-state index is 9.20. The standard InChI is InChI=1S/C16H30N4/c1-3-8-18-15(11-17)7-10-19-13-16-6-4-5-9-20(16)12-14(19)2/h14-16,18H,3-10,12-13H2,1-2H3. The first-order valence-electron chi connectivity index (χ1n) is 8.35. The lowest BCUT2D eigenvalue weighted by Gasteiger charge is -2.47. The van der Waals surface area contributed by atoms with Crippen LogP contribution in [0.1, 0.15) is 46.0 Å². The van der Waals surface area contributed by atoms with Crippen molar-refractivity contribution < 1.29 is 0 Å². The van der Waals surface area contributed by atoms with Gasteiger partial charge in [0.2, 0.25) is 0 Å². The van der Waals surface area contributed by atoms with Gasteiger partial charge in [0.1, 0.15) is 0 Å². The van der Waals surface area contributed by atoms with E-state index in [1.165, 1.54) is 38.9 Å². The summed E-state index contributed by atoms with van der Waals surface area (Å²) in [5.74, 6) is 0. The van der Waals surface area contributed by atoms with Crippen LogP contribution in [0, 0.1) is 11.3 Å². The van der Waals surface area contributed by atoms with E-state index in [1.54, 1.807) is 0 Å². The maximum absolute atomic E-state index is 9.20. The molecule has 0 bridgehead atoms. The summed E-state index contributed by atoms with van der Waals surface area (Å²) in [4.78, 5) is 5.28. The highest BCUT2D eigenvalue weighted by molar-refractivity contribution is 4.93. The Balaban J connectivity index is 1.78. The Hall–Kier alpha value is -0.630. The molecule has 4 nitrogen and oxygen atoms in total. The van der Waals surface area contributed by atoms with Gasteiger partial charge < -0.3 is 5.32 Å². The zero-order valence-corrected chi connectivity index (χ0v) is 13.1. The number of nitriles is 1. The molecule has 0 amide bonds. The molecule has 0 aromatic rings. The largest absolute Gasteiger partial charge is 0.302 e. The van der Waals surface area contributed by atoms with Crippen LogP contribution in [0.15, 0.2) is 0 Å². The minimum atomic E-state index is 0.0199. The Bertz CT molecular complexity index is 325. The quantitative estimate of drug-likeness (QED) is 0.805. The zero-order valence-electron chi connectivity index (χ0n) is 13.1. The van der Waals surface area contributed by atoms with Crippen molar-refractivity contribution in [3.05, 3.63) is 0 Å². The zero-order chi connectivity index (χ0) is 14.4. The molecule has 1 N–H and O–H groups in total. The van der Waals surface area contributed by atoms with E-state index in [1.807, 2.05) is 0 Å². The van der Waals surface area contributed by atoms with E-state index >= 15 is 0 Å². The fourth-order valence-electron chi connectivity index (χ4n) is 3.55. The topological polar surface area (TPSA) is 42.3 Å². The summed E-state index contributed by atoms with van der Waals surface area (Å²) in [5.41, 5.74) is 0. The van der Waals surface area contributed by atoms with Crippen molar-refractivity contribution in [1.29, 1.82) is 5.26 Å². The molecule has 2 rings (SSSR count). The van der Waals surface area contributed by atoms with Crippen LogP contribution in [-0.4, -0.2) is 60.6 Å². The molecule has 2 aliphatic heterocycles. The molecule has 0 aromatic carbocycles. The highest BCUT2D eigenvalue weighted by atomic mass is 15.3. The molecule has 2 aliphatic rings. The molecule has 2 heterocycles. The molecule has 3 atom stereocenters. The molecule has 2 saturated heterocycles. The van der Waals surface area contributed by atoms with E-state index in [4.69, 9.17) is 0 Å². The third kappa shape index (κ3) is 4.18. The number of hydrogen-bond acceptors (Lipinski definition) is 4. The van der Waals surface area contributed by atoms with Gasteiger partial charge in [-0.15, -0.1) is 0 Å². The monoisotopic (exact) mass is 278 g/mol. The Labute approximate surface area is 124 Å². The van der Waals surface area contributed by atoms with Gasteiger partial charge in [-0.25, -0.2) is 0 Å². The van der Waals surface area contributed by atoms with Gasteiger partial charge in [-0.3, -0.25) is 9.80 Å². The highest BCUT2D eigenvalue weighted by Gasteiger charge is 2.32. The second-order valence-electron chi connectivity index (χ2n) is 6.41. The average Bonchev–Trinajstić information content (AvgIpc) is 2.47. The number of fused-ring (bicyclic) bond motifs is 1. The maximum Gasteiger partial charge on any atom is 0.0965 e. The molecule has 0 aromatic heterocycles. The van der Waals surface area contributed by atoms with E-state index in [9.17, 15) is 5.26 Å². The van der Waals surface area contributed by atoms with Gasteiger partial charge in [-0.05, 0) is 45.7 Å². The summed E-state index contributed by atoms with van der Waals surface area (Å²) in [6.07, 6.45) is 6.17. The van der Waals surface area contributed by atoms with Gasteiger partial charge in [0.25, 0.3) is 0 Å². The Morgan fingerprint density at radius 1 is 1.35 bits per heavy atom. The minimum Gasteiger partial charge on any atom is -0.302 e. The summed E-state index contributed by atoms with van der Waals surface area (Å²) < 4.78 is 0. The smallest absolute Gasteiger partial charge is 0.0965 e. The lowest BCUT2D eigenvalue weighted by atomic mass is 9.97. The molecule has 20 heavy (non-hydrogen) atoms. The molecule has 4 heteroatoms. The van der Waals surface area contributed by atoms with E-state index in [0.717, 1.165) is 32.0 Å².